The number of hydrogen-bond acceptors (Lipinski definition) is 5. The number of carbonyl (C=O) groups excluding carboxylic acids is 2. The van der Waals surface area contributed by atoms with Crippen molar-refractivity contribution in [3.8, 4) is 6.07 Å². The number of esters is 1. The van der Waals surface area contributed by atoms with E-state index in [-0.39, 0.29) is 11.9 Å². The number of carbonyl (C=O) groups is 2. The highest BCUT2D eigenvalue weighted by molar-refractivity contribution is 7.99. The summed E-state index contributed by atoms with van der Waals surface area (Å²) in [5.74, 6) is 0.446. The molecule has 0 saturated heterocycles. The number of amides is 1. The molecule has 1 rings (SSSR count). The van der Waals surface area contributed by atoms with Crippen LogP contribution < -0.4 is 5.32 Å². The topological polar surface area (TPSA) is 79.2 Å². The Balaban J connectivity index is 2.43. The van der Waals surface area contributed by atoms with Crippen molar-refractivity contribution < 1.29 is 14.3 Å². The summed E-state index contributed by atoms with van der Waals surface area (Å²) in [6, 6.07) is 8.55. The van der Waals surface area contributed by atoms with Crippen LogP contribution in [0.2, 0.25) is 0 Å². The van der Waals surface area contributed by atoms with Crippen LogP contribution >= 0.6 is 11.8 Å². The molecule has 0 saturated carbocycles. The van der Waals surface area contributed by atoms with E-state index in [1.165, 1.54) is 11.8 Å². The molecule has 6 heteroatoms. The molecule has 0 aliphatic carbocycles. The van der Waals surface area contributed by atoms with Crippen LogP contribution in [-0.2, 0) is 9.53 Å². The first-order valence-electron chi connectivity index (χ1n) is 6.19. The first-order valence-corrected chi connectivity index (χ1v) is 7.34. The van der Waals surface area contributed by atoms with E-state index in [4.69, 9.17) is 10.00 Å². The molecule has 0 bridgehead atoms. The molecule has 20 heavy (non-hydrogen) atoms. The summed E-state index contributed by atoms with van der Waals surface area (Å²) >= 11 is 1.41. The molecule has 0 heterocycles. The quantitative estimate of drug-likeness (QED) is 0.617. The number of anilines is 1. The van der Waals surface area contributed by atoms with Gasteiger partial charge >= 0.3 is 5.97 Å². The molecule has 0 aliphatic heterocycles. The number of rotatable bonds is 7. The van der Waals surface area contributed by atoms with Gasteiger partial charge in [0.15, 0.2) is 0 Å². The van der Waals surface area contributed by atoms with Crippen molar-refractivity contribution in [3.05, 3.63) is 29.8 Å². The Morgan fingerprint density at radius 3 is 2.65 bits per heavy atom. The van der Waals surface area contributed by atoms with E-state index in [0.717, 1.165) is 0 Å². The zero-order valence-corrected chi connectivity index (χ0v) is 12.0. The Hall–Kier alpha value is -2.00. The lowest BCUT2D eigenvalue weighted by Crippen LogP contribution is -2.14. The minimum absolute atomic E-state index is 0.128. The van der Waals surface area contributed by atoms with Crippen molar-refractivity contribution in [1.29, 1.82) is 5.26 Å². The van der Waals surface area contributed by atoms with Crippen molar-refractivity contribution in [3.63, 3.8) is 0 Å². The third-order valence-electron chi connectivity index (χ3n) is 2.27. The fraction of sp³-hybridized carbons (Fsp3) is 0.357. The second-order valence-electron chi connectivity index (χ2n) is 3.81. The summed E-state index contributed by atoms with van der Waals surface area (Å²) in [6.07, 6.45) is 0.437. The van der Waals surface area contributed by atoms with Gasteiger partial charge in [-0.1, -0.05) is 0 Å². The Bertz CT molecular complexity index is 494. The first-order chi connectivity index (χ1) is 9.67. The third-order valence-corrected chi connectivity index (χ3v) is 3.23. The first kappa shape index (κ1) is 16.1. The summed E-state index contributed by atoms with van der Waals surface area (Å²) in [7, 11) is 0. The van der Waals surface area contributed by atoms with Gasteiger partial charge in [0.2, 0.25) is 5.91 Å². The SMILES string of the molecule is CCOC(=O)c1ccc(NC(=O)CSCCC#N)cc1. The lowest BCUT2D eigenvalue weighted by Gasteiger charge is -2.06. The van der Waals surface area contributed by atoms with Crippen molar-refractivity contribution in [2.75, 3.05) is 23.4 Å². The molecule has 1 amide bonds. The lowest BCUT2D eigenvalue weighted by molar-refractivity contribution is -0.113. The molecule has 0 spiro atoms. The van der Waals surface area contributed by atoms with E-state index in [1.54, 1.807) is 31.2 Å². The number of hydrogen-bond donors (Lipinski definition) is 1. The van der Waals surface area contributed by atoms with Crippen LogP contribution in [0.1, 0.15) is 23.7 Å². The molecule has 106 valence electrons. The molecular formula is C14H16N2O3S. The van der Waals surface area contributed by atoms with Gasteiger partial charge in [-0.2, -0.15) is 17.0 Å². The van der Waals surface area contributed by atoms with E-state index >= 15 is 0 Å². The van der Waals surface area contributed by atoms with Gasteiger partial charge < -0.3 is 10.1 Å². The van der Waals surface area contributed by atoms with Crippen LogP contribution in [-0.4, -0.2) is 30.0 Å². The van der Waals surface area contributed by atoms with Crippen LogP contribution in [0, 0.1) is 11.3 Å². The summed E-state index contributed by atoms with van der Waals surface area (Å²) in [5, 5.41) is 11.1. The fourth-order valence-corrected chi connectivity index (χ4v) is 2.02. The number of ether oxygens (including phenoxy) is 1. The van der Waals surface area contributed by atoms with Crippen molar-refractivity contribution in [2.45, 2.75) is 13.3 Å². The molecule has 1 aromatic rings. The molecule has 0 fully saturated rings. The summed E-state index contributed by atoms with van der Waals surface area (Å²) in [6.45, 7) is 2.08. The van der Waals surface area contributed by atoms with Gasteiger partial charge in [0.1, 0.15) is 0 Å². The highest BCUT2D eigenvalue weighted by atomic mass is 32.2. The van der Waals surface area contributed by atoms with Crippen molar-refractivity contribution >= 4 is 29.3 Å². The second kappa shape index (κ2) is 8.99. The Labute approximate surface area is 122 Å². The van der Waals surface area contributed by atoms with Crippen LogP contribution in [0.25, 0.3) is 0 Å². The predicted octanol–water partition coefficient (Wildman–Crippen LogP) is 2.45. The largest absolute Gasteiger partial charge is 0.462 e. The minimum atomic E-state index is -0.377. The zero-order chi connectivity index (χ0) is 14.8. The van der Waals surface area contributed by atoms with E-state index < -0.39 is 0 Å². The number of nitrogens with zero attached hydrogens (tertiary/aromatic N) is 1. The van der Waals surface area contributed by atoms with Crippen LogP contribution in [0.5, 0.6) is 0 Å². The second-order valence-corrected chi connectivity index (χ2v) is 4.91. The number of benzene rings is 1. The van der Waals surface area contributed by atoms with Gasteiger partial charge in [-0.05, 0) is 31.2 Å². The van der Waals surface area contributed by atoms with E-state index in [1.807, 2.05) is 6.07 Å². The smallest absolute Gasteiger partial charge is 0.338 e. The average molecular weight is 292 g/mol. The average Bonchev–Trinajstić information content (AvgIpc) is 2.45. The number of nitrogens with one attached hydrogen (secondary N) is 1. The summed E-state index contributed by atoms with van der Waals surface area (Å²) in [5.41, 5.74) is 1.08. The third kappa shape index (κ3) is 5.76. The van der Waals surface area contributed by atoms with Gasteiger partial charge in [-0.15, -0.1) is 0 Å². The molecular weight excluding hydrogens is 276 g/mol. The fourth-order valence-electron chi connectivity index (χ4n) is 1.38. The van der Waals surface area contributed by atoms with Gasteiger partial charge in [0, 0.05) is 17.9 Å². The van der Waals surface area contributed by atoms with Crippen LogP contribution in [0.4, 0.5) is 5.69 Å². The molecule has 5 nitrogen and oxygen atoms in total. The highest BCUT2D eigenvalue weighted by Crippen LogP contribution is 2.11. The van der Waals surface area contributed by atoms with Gasteiger partial charge in [-0.3, -0.25) is 4.79 Å². The van der Waals surface area contributed by atoms with Crippen LogP contribution in [0.15, 0.2) is 24.3 Å². The Kier molecular flexibility index (Phi) is 7.22. The Morgan fingerprint density at radius 1 is 1.35 bits per heavy atom. The minimum Gasteiger partial charge on any atom is -0.462 e. The normalized spacial score (nSPS) is 9.60. The molecule has 0 radical (unpaired) electrons. The van der Waals surface area contributed by atoms with Gasteiger partial charge in [0.25, 0.3) is 0 Å². The monoisotopic (exact) mass is 292 g/mol. The molecule has 0 unspecified atom stereocenters. The predicted molar refractivity (Wildman–Crippen MR) is 78.6 cm³/mol. The molecule has 1 aromatic carbocycles. The van der Waals surface area contributed by atoms with E-state index in [2.05, 4.69) is 5.32 Å². The van der Waals surface area contributed by atoms with Crippen LogP contribution in [0.3, 0.4) is 0 Å². The summed E-state index contributed by atoms with van der Waals surface area (Å²) < 4.78 is 4.87. The lowest BCUT2D eigenvalue weighted by atomic mass is 10.2. The van der Waals surface area contributed by atoms with Gasteiger partial charge in [0.05, 0.1) is 24.0 Å². The maximum Gasteiger partial charge on any atom is 0.338 e. The molecule has 1 N–H and O–H groups in total. The maximum atomic E-state index is 11.6. The van der Waals surface area contributed by atoms with Crippen molar-refractivity contribution in [1.82, 2.24) is 0 Å². The zero-order valence-electron chi connectivity index (χ0n) is 11.2. The standard InChI is InChI=1S/C14H16N2O3S/c1-2-19-14(18)11-4-6-12(7-5-11)16-13(17)10-20-9-3-8-15/h4-7H,2-3,9-10H2,1H3,(H,16,17). The number of thioether (sulfide) groups is 1. The molecule has 0 aromatic heterocycles. The molecule has 0 atom stereocenters. The van der Waals surface area contributed by atoms with Gasteiger partial charge in [-0.25, -0.2) is 4.79 Å². The van der Waals surface area contributed by atoms with Crippen molar-refractivity contribution in [2.24, 2.45) is 0 Å². The van der Waals surface area contributed by atoms with E-state index in [9.17, 15) is 9.59 Å². The summed E-state index contributed by atoms with van der Waals surface area (Å²) in [4.78, 5) is 23.0. The molecule has 0 aliphatic rings. The maximum absolute atomic E-state index is 11.6. The Morgan fingerprint density at radius 2 is 2.05 bits per heavy atom. The highest BCUT2D eigenvalue weighted by Gasteiger charge is 2.07. The number of nitriles is 1. The van der Waals surface area contributed by atoms with E-state index in [0.29, 0.717) is 35.8 Å².